The molecule has 0 amide bonds. The second-order valence-electron chi connectivity index (χ2n) is 7.18. The number of fused-ring (bicyclic) bond motifs is 3. The van der Waals surface area contributed by atoms with Gasteiger partial charge in [0.15, 0.2) is 0 Å². The molecule has 1 unspecified atom stereocenters. The molecule has 0 aliphatic carbocycles. The topological polar surface area (TPSA) is 76.9 Å². The Hall–Kier alpha value is -2.87. The van der Waals surface area contributed by atoms with Crippen LogP contribution in [0.25, 0.3) is 20.4 Å². The van der Waals surface area contributed by atoms with Crippen molar-refractivity contribution in [3.05, 3.63) is 41.6 Å². The molecule has 5 rings (SSSR count). The third-order valence-corrected chi connectivity index (χ3v) is 6.33. The van der Waals surface area contributed by atoms with E-state index in [2.05, 4.69) is 37.0 Å². The summed E-state index contributed by atoms with van der Waals surface area (Å²) in [5, 5.41) is 9.73. The van der Waals surface area contributed by atoms with Crippen molar-refractivity contribution in [2.75, 3.05) is 18.0 Å². The zero-order valence-corrected chi connectivity index (χ0v) is 16.8. The van der Waals surface area contributed by atoms with Crippen LogP contribution in [0.2, 0.25) is 0 Å². The van der Waals surface area contributed by atoms with E-state index >= 15 is 0 Å². The molecule has 0 spiro atoms. The smallest absolute Gasteiger partial charge is 0.150 e. The van der Waals surface area contributed by atoms with Gasteiger partial charge in [0.2, 0.25) is 0 Å². The highest BCUT2D eigenvalue weighted by atomic mass is 32.1. The zero-order chi connectivity index (χ0) is 19.3. The molecule has 1 saturated heterocycles. The summed E-state index contributed by atoms with van der Waals surface area (Å²) in [4.78, 5) is 16.7. The number of hydrogen-bond acceptors (Lipinski definition) is 8. The molecular formula is C20H20N6OS. The van der Waals surface area contributed by atoms with Crippen molar-refractivity contribution in [2.24, 2.45) is 0 Å². The molecule has 0 saturated carbocycles. The van der Waals surface area contributed by atoms with Crippen LogP contribution < -0.4 is 9.64 Å². The first-order valence-electron chi connectivity index (χ1n) is 9.31. The summed E-state index contributed by atoms with van der Waals surface area (Å²) >= 11 is 1.61. The second kappa shape index (κ2) is 6.63. The molecule has 0 aromatic carbocycles. The number of ether oxygens (including phenoxy) is 1. The lowest BCUT2D eigenvalue weighted by atomic mass is 10.1. The number of thiophene rings is 1. The Labute approximate surface area is 166 Å². The number of aromatic nitrogens is 5. The summed E-state index contributed by atoms with van der Waals surface area (Å²) in [5.74, 6) is 1.77. The summed E-state index contributed by atoms with van der Waals surface area (Å²) in [6.07, 6.45) is 4.50. The van der Waals surface area contributed by atoms with Gasteiger partial charge in [-0.15, -0.1) is 16.4 Å². The Morgan fingerprint density at radius 2 is 2.00 bits per heavy atom. The second-order valence-corrected chi connectivity index (χ2v) is 8.18. The molecule has 8 heteroatoms. The SMILES string of the molecule is Cc1ccc(OC2CCN(c3ncnc4c3sc3nnc(C)c(C)c34)C2)cn1. The highest BCUT2D eigenvalue weighted by Gasteiger charge is 2.28. The van der Waals surface area contributed by atoms with E-state index in [4.69, 9.17) is 4.74 Å². The molecular weight excluding hydrogens is 372 g/mol. The van der Waals surface area contributed by atoms with Crippen molar-refractivity contribution in [3.8, 4) is 5.75 Å². The molecule has 4 aromatic heterocycles. The van der Waals surface area contributed by atoms with Crippen LogP contribution in [0.1, 0.15) is 23.4 Å². The molecule has 1 aliphatic rings. The monoisotopic (exact) mass is 392 g/mol. The molecule has 0 N–H and O–H groups in total. The fourth-order valence-electron chi connectivity index (χ4n) is 3.63. The van der Waals surface area contributed by atoms with Gasteiger partial charge in [0.25, 0.3) is 0 Å². The van der Waals surface area contributed by atoms with Crippen LogP contribution >= 0.6 is 11.3 Å². The van der Waals surface area contributed by atoms with Crippen molar-refractivity contribution in [3.63, 3.8) is 0 Å². The highest BCUT2D eigenvalue weighted by molar-refractivity contribution is 7.26. The van der Waals surface area contributed by atoms with Crippen LogP contribution in [0.5, 0.6) is 5.75 Å². The van der Waals surface area contributed by atoms with E-state index in [0.717, 1.165) is 68.5 Å². The third-order valence-electron chi connectivity index (χ3n) is 5.27. The van der Waals surface area contributed by atoms with Gasteiger partial charge in [-0.1, -0.05) is 0 Å². The van der Waals surface area contributed by atoms with Crippen LogP contribution in [0.3, 0.4) is 0 Å². The molecule has 0 bridgehead atoms. The fourth-order valence-corrected chi connectivity index (χ4v) is 4.78. The maximum absolute atomic E-state index is 6.12. The van der Waals surface area contributed by atoms with Gasteiger partial charge in [-0.05, 0) is 38.5 Å². The molecule has 7 nitrogen and oxygen atoms in total. The first kappa shape index (κ1) is 17.2. The van der Waals surface area contributed by atoms with Crippen LogP contribution in [-0.2, 0) is 0 Å². The van der Waals surface area contributed by atoms with E-state index in [-0.39, 0.29) is 6.10 Å². The lowest BCUT2D eigenvalue weighted by Crippen LogP contribution is -2.25. The van der Waals surface area contributed by atoms with E-state index in [1.807, 2.05) is 26.0 Å². The predicted octanol–water partition coefficient (Wildman–Crippen LogP) is 3.61. The summed E-state index contributed by atoms with van der Waals surface area (Å²) in [6, 6.07) is 3.95. The van der Waals surface area contributed by atoms with Gasteiger partial charge in [-0.3, -0.25) is 4.98 Å². The Morgan fingerprint density at radius 1 is 1.11 bits per heavy atom. The van der Waals surface area contributed by atoms with Gasteiger partial charge >= 0.3 is 0 Å². The molecule has 142 valence electrons. The highest BCUT2D eigenvalue weighted by Crippen LogP contribution is 2.38. The summed E-state index contributed by atoms with van der Waals surface area (Å²) in [5.41, 5.74) is 4.03. The molecule has 1 aliphatic heterocycles. The minimum absolute atomic E-state index is 0.118. The largest absolute Gasteiger partial charge is 0.487 e. The van der Waals surface area contributed by atoms with Crippen LogP contribution in [0.15, 0.2) is 24.7 Å². The molecule has 4 aromatic rings. The van der Waals surface area contributed by atoms with Gasteiger partial charge < -0.3 is 9.64 Å². The predicted molar refractivity (Wildman–Crippen MR) is 110 cm³/mol. The summed E-state index contributed by atoms with van der Waals surface area (Å²) in [6.45, 7) is 7.72. The Kier molecular flexibility index (Phi) is 4.08. The first-order chi connectivity index (χ1) is 13.6. The minimum atomic E-state index is 0.118. The third kappa shape index (κ3) is 2.84. The van der Waals surface area contributed by atoms with Gasteiger partial charge in [0.1, 0.15) is 28.8 Å². The van der Waals surface area contributed by atoms with E-state index < -0.39 is 0 Å². The van der Waals surface area contributed by atoms with Gasteiger partial charge in [-0.2, -0.15) is 5.10 Å². The quantitative estimate of drug-likeness (QED) is 0.527. The van der Waals surface area contributed by atoms with Crippen molar-refractivity contribution in [2.45, 2.75) is 33.3 Å². The number of pyridine rings is 1. The van der Waals surface area contributed by atoms with Crippen LogP contribution in [-0.4, -0.2) is 44.3 Å². The van der Waals surface area contributed by atoms with E-state index in [1.165, 1.54) is 0 Å². The Morgan fingerprint density at radius 3 is 2.82 bits per heavy atom. The van der Waals surface area contributed by atoms with E-state index in [9.17, 15) is 0 Å². The lowest BCUT2D eigenvalue weighted by molar-refractivity contribution is 0.224. The fraction of sp³-hybridized carbons (Fsp3) is 0.350. The average molecular weight is 392 g/mol. The van der Waals surface area contributed by atoms with Crippen molar-refractivity contribution >= 4 is 37.6 Å². The van der Waals surface area contributed by atoms with Gasteiger partial charge in [-0.25, -0.2) is 9.97 Å². The molecule has 1 atom stereocenters. The molecule has 1 fully saturated rings. The van der Waals surface area contributed by atoms with Crippen LogP contribution in [0.4, 0.5) is 5.82 Å². The number of anilines is 1. The Balaban J connectivity index is 1.46. The maximum atomic E-state index is 6.12. The first-order valence-corrected chi connectivity index (χ1v) is 10.1. The van der Waals surface area contributed by atoms with E-state index in [1.54, 1.807) is 23.9 Å². The standard InChI is InChI=1S/C20H20N6OS/c1-11-4-5-14(8-21-11)27-15-6-7-26(9-15)19-18-17(22-10-23-19)16-12(2)13(3)24-25-20(16)28-18/h4-5,8,10,15H,6-7,9H2,1-3H3. The average Bonchev–Trinajstić information content (AvgIpc) is 3.31. The normalized spacial score (nSPS) is 17.0. The van der Waals surface area contributed by atoms with Crippen molar-refractivity contribution in [1.29, 1.82) is 0 Å². The number of aryl methyl sites for hydroxylation is 3. The summed E-state index contributed by atoms with van der Waals surface area (Å²) in [7, 11) is 0. The number of hydrogen-bond donors (Lipinski definition) is 0. The van der Waals surface area contributed by atoms with Crippen molar-refractivity contribution < 1.29 is 4.74 Å². The molecule has 28 heavy (non-hydrogen) atoms. The number of nitrogens with zero attached hydrogens (tertiary/aromatic N) is 6. The molecule has 0 radical (unpaired) electrons. The lowest BCUT2D eigenvalue weighted by Gasteiger charge is -2.18. The summed E-state index contributed by atoms with van der Waals surface area (Å²) < 4.78 is 7.19. The van der Waals surface area contributed by atoms with Gasteiger partial charge in [0, 0.05) is 24.0 Å². The van der Waals surface area contributed by atoms with Crippen molar-refractivity contribution in [1.82, 2.24) is 25.1 Å². The molecule has 5 heterocycles. The minimum Gasteiger partial charge on any atom is -0.487 e. The van der Waals surface area contributed by atoms with Crippen LogP contribution in [0, 0.1) is 20.8 Å². The Bertz CT molecular complexity index is 1170. The maximum Gasteiger partial charge on any atom is 0.150 e. The number of rotatable bonds is 3. The van der Waals surface area contributed by atoms with E-state index in [0.29, 0.717) is 0 Å². The van der Waals surface area contributed by atoms with Gasteiger partial charge in [0.05, 0.1) is 28.7 Å². The zero-order valence-electron chi connectivity index (χ0n) is 16.0.